The Kier molecular flexibility index (Phi) is 8.53. The minimum absolute atomic E-state index is 0.214. The molecule has 1 aromatic carbocycles. The molecule has 0 N–H and O–H groups in total. The molecule has 1 fully saturated rings. The van der Waals surface area contributed by atoms with Crippen molar-refractivity contribution < 1.29 is 4.79 Å². The predicted octanol–water partition coefficient (Wildman–Crippen LogP) is 4.49. The van der Waals surface area contributed by atoms with Crippen LogP contribution in [-0.2, 0) is 17.8 Å². The average Bonchev–Trinajstić information content (AvgIpc) is 2.89. The fourth-order valence-electron chi connectivity index (χ4n) is 4.45. The SMILES string of the molecule is CCCN(CCC)C(=O)Cn1c(CCCN2CCCCCC2)nc2ccccc21. The van der Waals surface area contributed by atoms with Crippen molar-refractivity contribution in [3.05, 3.63) is 30.1 Å². The maximum absolute atomic E-state index is 13.0. The van der Waals surface area contributed by atoms with E-state index in [1.54, 1.807) is 0 Å². The molecule has 160 valence electrons. The van der Waals surface area contributed by atoms with E-state index in [4.69, 9.17) is 4.98 Å². The molecule has 0 unspecified atom stereocenters. The summed E-state index contributed by atoms with van der Waals surface area (Å²) in [7, 11) is 0. The summed E-state index contributed by atoms with van der Waals surface area (Å²) in [5, 5.41) is 0. The molecule has 3 rings (SSSR count). The van der Waals surface area contributed by atoms with Gasteiger partial charge in [0.05, 0.1) is 11.0 Å². The number of nitrogens with zero attached hydrogens (tertiary/aromatic N) is 4. The molecule has 1 aromatic heterocycles. The third-order valence-electron chi connectivity index (χ3n) is 5.94. The van der Waals surface area contributed by atoms with Crippen LogP contribution in [0.3, 0.4) is 0 Å². The van der Waals surface area contributed by atoms with Crippen molar-refractivity contribution >= 4 is 16.9 Å². The van der Waals surface area contributed by atoms with E-state index < -0.39 is 0 Å². The first kappa shape index (κ1) is 21.8. The van der Waals surface area contributed by atoms with Gasteiger partial charge in [-0.3, -0.25) is 4.79 Å². The van der Waals surface area contributed by atoms with Gasteiger partial charge in [-0.05, 0) is 63.9 Å². The van der Waals surface area contributed by atoms with Crippen molar-refractivity contribution in [3.63, 3.8) is 0 Å². The highest BCUT2D eigenvalue weighted by atomic mass is 16.2. The van der Waals surface area contributed by atoms with E-state index >= 15 is 0 Å². The zero-order valence-corrected chi connectivity index (χ0v) is 18.4. The molecule has 1 aliphatic rings. The van der Waals surface area contributed by atoms with Crippen LogP contribution in [-0.4, -0.2) is 58.0 Å². The van der Waals surface area contributed by atoms with Crippen LogP contribution in [0.25, 0.3) is 11.0 Å². The molecular weight excluding hydrogens is 360 g/mol. The Balaban J connectivity index is 1.70. The molecule has 1 amide bonds. The van der Waals surface area contributed by atoms with Gasteiger partial charge >= 0.3 is 0 Å². The zero-order valence-electron chi connectivity index (χ0n) is 18.4. The normalized spacial score (nSPS) is 15.5. The molecule has 0 saturated carbocycles. The lowest BCUT2D eigenvalue weighted by atomic mass is 10.2. The Hall–Kier alpha value is -1.88. The molecule has 29 heavy (non-hydrogen) atoms. The van der Waals surface area contributed by atoms with Gasteiger partial charge < -0.3 is 14.4 Å². The lowest BCUT2D eigenvalue weighted by Crippen LogP contribution is -2.35. The Morgan fingerprint density at radius 3 is 2.41 bits per heavy atom. The summed E-state index contributed by atoms with van der Waals surface area (Å²) < 4.78 is 2.17. The molecule has 2 heterocycles. The maximum atomic E-state index is 13.0. The van der Waals surface area contributed by atoms with Crippen LogP contribution in [0, 0.1) is 0 Å². The summed E-state index contributed by atoms with van der Waals surface area (Å²) in [6, 6.07) is 8.23. The summed E-state index contributed by atoms with van der Waals surface area (Å²) in [6.45, 7) is 9.95. The van der Waals surface area contributed by atoms with Crippen LogP contribution in [0.5, 0.6) is 0 Å². The smallest absolute Gasteiger partial charge is 0.242 e. The summed E-state index contributed by atoms with van der Waals surface area (Å²) in [6.07, 6.45) is 9.44. The lowest BCUT2D eigenvalue weighted by Gasteiger charge is -2.22. The Labute approximate surface area is 176 Å². The number of benzene rings is 1. The van der Waals surface area contributed by atoms with Crippen LogP contribution in [0.15, 0.2) is 24.3 Å². The number of amides is 1. The summed E-state index contributed by atoms with van der Waals surface area (Å²) in [4.78, 5) is 22.5. The van der Waals surface area contributed by atoms with Gasteiger partial charge in [-0.2, -0.15) is 0 Å². The molecular formula is C24H38N4O. The third kappa shape index (κ3) is 6.05. The van der Waals surface area contributed by atoms with Gasteiger partial charge in [0.25, 0.3) is 0 Å². The minimum atomic E-state index is 0.214. The van der Waals surface area contributed by atoms with Gasteiger partial charge in [-0.15, -0.1) is 0 Å². The van der Waals surface area contributed by atoms with Crippen LogP contribution in [0.4, 0.5) is 0 Å². The predicted molar refractivity (Wildman–Crippen MR) is 120 cm³/mol. The number of fused-ring (bicyclic) bond motifs is 1. The highest BCUT2D eigenvalue weighted by molar-refractivity contribution is 5.81. The zero-order chi connectivity index (χ0) is 20.5. The maximum Gasteiger partial charge on any atom is 0.242 e. The first-order valence-electron chi connectivity index (χ1n) is 11.7. The second-order valence-electron chi connectivity index (χ2n) is 8.34. The van der Waals surface area contributed by atoms with Crippen molar-refractivity contribution in [1.29, 1.82) is 0 Å². The molecule has 0 aliphatic carbocycles. The van der Waals surface area contributed by atoms with Crippen LogP contribution in [0.1, 0.15) is 64.6 Å². The monoisotopic (exact) mass is 398 g/mol. The molecule has 5 nitrogen and oxygen atoms in total. The number of imidazole rings is 1. The number of hydrogen-bond donors (Lipinski definition) is 0. The quantitative estimate of drug-likeness (QED) is 0.592. The number of para-hydroxylation sites is 2. The number of aromatic nitrogens is 2. The van der Waals surface area contributed by atoms with Crippen molar-refractivity contribution in [1.82, 2.24) is 19.4 Å². The number of rotatable bonds is 10. The fraction of sp³-hybridized carbons (Fsp3) is 0.667. The number of hydrogen-bond acceptors (Lipinski definition) is 3. The summed E-state index contributed by atoms with van der Waals surface area (Å²) in [5.41, 5.74) is 2.08. The van der Waals surface area contributed by atoms with Crippen molar-refractivity contribution in [2.45, 2.75) is 71.8 Å². The highest BCUT2D eigenvalue weighted by Crippen LogP contribution is 2.18. The van der Waals surface area contributed by atoms with E-state index in [-0.39, 0.29) is 5.91 Å². The average molecular weight is 399 g/mol. The number of likely N-dealkylation sites (tertiary alicyclic amines) is 1. The Bertz CT molecular complexity index is 755. The summed E-state index contributed by atoms with van der Waals surface area (Å²) >= 11 is 0. The van der Waals surface area contributed by atoms with Crippen molar-refractivity contribution in [3.8, 4) is 0 Å². The van der Waals surface area contributed by atoms with E-state index in [0.717, 1.165) is 62.2 Å². The van der Waals surface area contributed by atoms with Crippen LogP contribution in [0.2, 0.25) is 0 Å². The van der Waals surface area contributed by atoms with E-state index in [2.05, 4.69) is 35.4 Å². The molecule has 1 saturated heterocycles. The van der Waals surface area contributed by atoms with Crippen LogP contribution >= 0.6 is 0 Å². The first-order chi connectivity index (χ1) is 14.2. The Morgan fingerprint density at radius 1 is 1.03 bits per heavy atom. The standard InChI is InChI=1S/C24H38N4O/c1-3-15-27(16-4-2)24(29)20-28-22-13-8-7-12-21(22)25-23(28)14-11-19-26-17-9-5-6-10-18-26/h7-8,12-13H,3-6,9-11,14-20H2,1-2H3. The third-order valence-corrected chi connectivity index (χ3v) is 5.94. The molecule has 0 atom stereocenters. The van der Waals surface area contributed by atoms with E-state index in [1.807, 2.05) is 17.0 Å². The molecule has 5 heteroatoms. The van der Waals surface area contributed by atoms with Crippen LogP contribution < -0.4 is 0 Å². The largest absolute Gasteiger partial charge is 0.341 e. The van der Waals surface area contributed by atoms with Gasteiger partial charge in [-0.25, -0.2) is 4.98 Å². The molecule has 1 aliphatic heterocycles. The van der Waals surface area contributed by atoms with Gasteiger partial charge in [0.2, 0.25) is 5.91 Å². The highest BCUT2D eigenvalue weighted by Gasteiger charge is 2.18. The van der Waals surface area contributed by atoms with Crippen molar-refractivity contribution in [2.24, 2.45) is 0 Å². The number of carbonyl (C=O) groups excluding carboxylic acids is 1. The Morgan fingerprint density at radius 2 is 1.72 bits per heavy atom. The minimum Gasteiger partial charge on any atom is -0.341 e. The lowest BCUT2D eigenvalue weighted by molar-refractivity contribution is -0.131. The molecule has 0 bridgehead atoms. The van der Waals surface area contributed by atoms with Gasteiger partial charge in [0.15, 0.2) is 0 Å². The molecule has 0 spiro atoms. The topological polar surface area (TPSA) is 41.4 Å². The van der Waals surface area contributed by atoms with E-state index in [0.29, 0.717) is 6.54 Å². The molecule has 0 radical (unpaired) electrons. The van der Waals surface area contributed by atoms with E-state index in [1.165, 1.54) is 38.8 Å². The first-order valence-corrected chi connectivity index (χ1v) is 11.7. The van der Waals surface area contributed by atoms with E-state index in [9.17, 15) is 4.79 Å². The van der Waals surface area contributed by atoms with Gasteiger partial charge in [0, 0.05) is 19.5 Å². The summed E-state index contributed by atoms with van der Waals surface area (Å²) in [5.74, 6) is 1.27. The number of carbonyl (C=O) groups is 1. The fourth-order valence-corrected chi connectivity index (χ4v) is 4.45. The van der Waals surface area contributed by atoms with Gasteiger partial charge in [-0.1, -0.05) is 38.8 Å². The molecule has 2 aromatic rings. The second-order valence-corrected chi connectivity index (χ2v) is 8.34. The second kappa shape index (κ2) is 11.3. The van der Waals surface area contributed by atoms with Gasteiger partial charge in [0.1, 0.15) is 12.4 Å². The van der Waals surface area contributed by atoms with Crippen molar-refractivity contribution in [2.75, 3.05) is 32.7 Å². The number of aryl methyl sites for hydroxylation is 1.